The number of nitrogens with zero attached hydrogens (tertiary/aromatic N) is 3. The molecule has 0 fully saturated rings. The van der Waals surface area contributed by atoms with E-state index in [4.69, 9.17) is 30.6 Å². The first-order chi connectivity index (χ1) is 15.6. The second-order valence-electron chi connectivity index (χ2n) is 6.69. The number of rotatable bonds is 9. The smallest absolute Gasteiger partial charge is 0.342 e. The minimum atomic E-state index is -0.618. The van der Waals surface area contributed by atoms with Crippen LogP contribution in [0.4, 0.5) is 0 Å². The number of hydrogen-bond acceptors (Lipinski definition) is 8. The Bertz CT molecular complexity index is 1270. The average molecular weight is 459 g/mol. The van der Waals surface area contributed by atoms with Crippen molar-refractivity contribution in [3.63, 3.8) is 0 Å². The van der Waals surface area contributed by atoms with Gasteiger partial charge in [-0.05, 0) is 24.3 Å². The molecule has 0 atom stereocenters. The monoisotopic (exact) mass is 458 g/mol. The summed E-state index contributed by atoms with van der Waals surface area (Å²) in [5.41, 5.74) is 1.24. The van der Waals surface area contributed by atoms with Crippen LogP contribution in [0.3, 0.4) is 0 Å². The number of carbonyl (C=O) groups is 2. The topological polar surface area (TPSA) is 128 Å². The maximum atomic E-state index is 12.6. The summed E-state index contributed by atoms with van der Waals surface area (Å²) in [5, 5.41) is 16.5. The molecule has 2 N–H and O–H groups in total. The first-order valence-electron chi connectivity index (χ1n) is 9.71. The third-order valence-electron chi connectivity index (χ3n) is 4.50. The molecule has 1 amide bonds. The highest BCUT2D eigenvalue weighted by atomic mass is 35.5. The number of benzene rings is 1. The summed E-state index contributed by atoms with van der Waals surface area (Å²) in [6.07, 6.45) is 4.71. The first-order valence-corrected chi connectivity index (χ1v) is 10.1. The molecule has 32 heavy (non-hydrogen) atoms. The van der Waals surface area contributed by atoms with Crippen LogP contribution in [0, 0.1) is 0 Å². The van der Waals surface area contributed by atoms with Crippen LogP contribution in [0.15, 0.2) is 47.3 Å². The minimum absolute atomic E-state index is 0.0180. The summed E-state index contributed by atoms with van der Waals surface area (Å²) in [6.45, 7) is 0.312. The lowest BCUT2D eigenvalue weighted by atomic mass is 10.1. The molecule has 10 nitrogen and oxygen atoms in total. The molecule has 4 aromatic rings. The first kappa shape index (κ1) is 21.8. The second-order valence-corrected chi connectivity index (χ2v) is 7.12. The molecule has 0 aliphatic heterocycles. The zero-order valence-electron chi connectivity index (χ0n) is 16.8. The van der Waals surface area contributed by atoms with E-state index in [1.165, 1.54) is 16.8 Å². The van der Waals surface area contributed by atoms with E-state index in [-0.39, 0.29) is 44.4 Å². The molecule has 0 spiro atoms. The lowest BCUT2D eigenvalue weighted by molar-refractivity contribution is 0.0259. The van der Waals surface area contributed by atoms with Crippen LogP contribution in [-0.2, 0) is 16.0 Å². The summed E-state index contributed by atoms with van der Waals surface area (Å²) in [4.78, 5) is 29.2. The quantitative estimate of drug-likeness (QED) is 0.288. The molecule has 166 valence electrons. The molecular formula is C21H19ClN4O6. The number of halogens is 1. The number of carbonyl (C=O) groups excluding carboxylic acids is 2. The number of furan rings is 1. The van der Waals surface area contributed by atoms with E-state index in [1.54, 1.807) is 30.6 Å². The molecule has 0 unspecified atom stereocenters. The molecule has 1 aromatic carbocycles. The Hall–Kier alpha value is -3.47. The number of aliphatic hydroxyl groups excluding tert-OH is 1. The van der Waals surface area contributed by atoms with Gasteiger partial charge in [0.15, 0.2) is 5.65 Å². The number of hydrogen-bond donors (Lipinski definition) is 2. The van der Waals surface area contributed by atoms with Crippen LogP contribution < -0.4 is 5.32 Å². The van der Waals surface area contributed by atoms with E-state index in [0.717, 1.165) is 0 Å². The van der Waals surface area contributed by atoms with E-state index in [2.05, 4.69) is 15.4 Å². The molecule has 0 radical (unpaired) electrons. The maximum absolute atomic E-state index is 12.6. The van der Waals surface area contributed by atoms with E-state index < -0.39 is 5.97 Å². The third-order valence-corrected chi connectivity index (χ3v) is 4.71. The summed E-state index contributed by atoms with van der Waals surface area (Å²) in [7, 11) is 0. The number of nitrogens with one attached hydrogen (secondary N) is 1. The van der Waals surface area contributed by atoms with Gasteiger partial charge >= 0.3 is 5.97 Å². The molecule has 0 saturated heterocycles. The summed E-state index contributed by atoms with van der Waals surface area (Å²) < 4.78 is 17.6. The van der Waals surface area contributed by atoms with E-state index in [1.807, 2.05) is 0 Å². The van der Waals surface area contributed by atoms with Gasteiger partial charge in [0, 0.05) is 22.8 Å². The molecule has 0 saturated carbocycles. The highest BCUT2D eigenvalue weighted by molar-refractivity contribution is 6.32. The van der Waals surface area contributed by atoms with Gasteiger partial charge in [-0.25, -0.2) is 14.3 Å². The number of ether oxygens (including phenoxy) is 2. The Morgan fingerprint density at radius 1 is 1.19 bits per heavy atom. The Balaban J connectivity index is 1.46. The van der Waals surface area contributed by atoms with Crippen molar-refractivity contribution in [2.75, 3.05) is 26.4 Å². The van der Waals surface area contributed by atoms with E-state index in [9.17, 15) is 9.59 Å². The zero-order chi connectivity index (χ0) is 22.5. The van der Waals surface area contributed by atoms with Crippen LogP contribution in [0.5, 0.6) is 0 Å². The van der Waals surface area contributed by atoms with Crippen molar-refractivity contribution in [3.05, 3.63) is 64.8 Å². The Morgan fingerprint density at radius 3 is 2.91 bits per heavy atom. The van der Waals surface area contributed by atoms with E-state index in [0.29, 0.717) is 33.0 Å². The lowest BCUT2D eigenvalue weighted by Gasteiger charge is -2.06. The van der Waals surface area contributed by atoms with Crippen molar-refractivity contribution in [2.24, 2.45) is 0 Å². The van der Waals surface area contributed by atoms with Gasteiger partial charge in [-0.1, -0.05) is 11.6 Å². The normalized spacial score (nSPS) is 11.2. The van der Waals surface area contributed by atoms with E-state index >= 15 is 0 Å². The van der Waals surface area contributed by atoms with Crippen molar-refractivity contribution in [3.8, 4) is 0 Å². The minimum Gasteiger partial charge on any atom is -0.460 e. The maximum Gasteiger partial charge on any atom is 0.342 e. The van der Waals surface area contributed by atoms with Crippen LogP contribution in [-0.4, -0.2) is 58.0 Å². The average Bonchev–Trinajstić information content (AvgIpc) is 3.40. The van der Waals surface area contributed by atoms with Crippen molar-refractivity contribution in [1.29, 1.82) is 0 Å². The number of aromatic nitrogens is 3. The van der Waals surface area contributed by atoms with Gasteiger partial charge in [0.05, 0.1) is 32.6 Å². The molecule has 3 aromatic heterocycles. The fourth-order valence-electron chi connectivity index (χ4n) is 3.10. The standard InChI is InChI=1S/C21H19ClN4O6/c22-14-8-13-9-15(11-24-20(28)17-12-25-26-3-1-2-23-19(17)26)32-18(13)16(10-14)21(29)31-7-6-30-5-4-27/h1-3,8-10,12,27H,4-7,11H2,(H,24,28). The van der Waals surface area contributed by atoms with Crippen molar-refractivity contribution in [2.45, 2.75) is 6.54 Å². The summed E-state index contributed by atoms with van der Waals surface area (Å²) >= 11 is 6.14. The van der Waals surface area contributed by atoms with Gasteiger partial charge in [-0.3, -0.25) is 4.79 Å². The molecule has 0 bridgehead atoms. The van der Waals surface area contributed by atoms with Gasteiger partial charge in [0.1, 0.15) is 29.1 Å². The fourth-order valence-corrected chi connectivity index (χ4v) is 3.32. The number of fused-ring (bicyclic) bond motifs is 2. The van der Waals surface area contributed by atoms with Crippen LogP contribution in [0.25, 0.3) is 16.6 Å². The largest absolute Gasteiger partial charge is 0.460 e. The molecular weight excluding hydrogens is 440 g/mol. The number of esters is 1. The molecule has 0 aliphatic carbocycles. The SMILES string of the molecule is O=C(OCCOCCO)c1cc(Cl)cc2cc(CNC(=O)c3cnn4cccnc34)oc12. The highest BCUT2D eigenvalue weighted by Gasteiger charge is 2.19. The Morgan fingerprint density at radius 2 is 2.06 bits per heavy atom. The molecule has 3 heterocycles. The van der Waals surface area contributed by atoms with Gasteiger partial charge in [0.2, 0.25) is 0 Å². The van der Waals surface area contributed by atoms with Crippen molar-refractivity contribution in [1.82, 2.24) is 19.9 Å². The Kier molecular flexibility index (Phi) is 6.64. The second kappa shape index (κ2) is 9.77. The molecule has 0 aliphatic rings. The predicted octanol–water partition coefficient (Wildman–Crippen LogP) is 2.22. The van der Waals surface area contributed by atoms with Crippen molar-refractivity contribution < 1.29 is 28.6 Å². The van der Waals surface area contributed by atoms with Gasteiger partial charge < -0.3 is 24.3 Å². The summed E-state index contributed by atoms with van der Waals surface area (Å²) in [6, 6.07) is 6.52. The molecule has 11 heteroatoms. The number of amides is 1. The van der Waals surface area contributed by atoms with Crippen LogP contribution in [0.1, 0.15) is 26.5 Å². The summed E-state index contributed by atoms with van der Waals surface area (Å²) in [5.74, 6) is -0.549. The van der Waals surface area contributed by atoms with Gasteiger partial charge in [-0.15, -0.1) is 0 Å². The Labute approximate surface area is 186 Å². The van der Waals surface area contributed by atoms with Crippen LogP contribution >= 0.6 is 11.6 Å². The lowest BCUT2D eigenvalue weighted by Crippen LogP contribution is -2.22. The highest BCUT2D eigenvalue weighted by Crippen LogP contribution is 2.28. The third kappa shape index (κ3) is 4.72. The predicted molar refractivity (Wildman–Crippen MR) is 114 cm³/mol. The van der Waals surface area contributed by atoms with Crippen molar-refractivity contribution >= 4 is 40.1 Å². The zero-order valence-corrected chi connectivity index (χ0v) is 17.5. The molecule has 4 rings (SSSR count). The van der Waals surface area contributed by atoms with Gasteiger partial charge in [0.25, 0.3) is 5.91 Å². The van der Waals surface area contributed by atoms with Gasteiger partial charge in [-0.2, -0.15) is 5.10 Å². The van der Waals surface area contributed by atoms with Crippen LogP contribution in [0.2, 0.25) is 5.02 Å². The number of aliphatic hydroxyl groups is 1. The fraction of sp³-hybridized carbons (Fsp3) is 0.238.